The molecule has 3 atom stereocenters. The smallest absolute Gasteiger partial charge is 0.247 e. The monoisotopic (exact) mass is 516 g/mol. The van der Waals surface area contributed by atoms with Gasteiger partial charge < -0.3 is 9.84 Å². The first-order valence-corrected chi connectivity index (χ1v) is 14.2. The Morgan fingerprint density at radius 3 is 2.69 bits per heavy atom. The highest BCUT2D eigenvalue weighted by Gasteiger charge is 2.38. The van der Waals surface area contributed by atoms with Crippen LogP contribution in [-0.4, -0.2) is 61.6 Å². The number of likely N-dealkylation sites (N-methyl/N-ethyl adjacent to an activating group) is 1. The van der Waals surface area contributed by atoms with Crippen LogP contribution in [0.25, 0.3) is 5.57 Å². The van der Waals surface area contributed by atoms with Crippen LogP contribution in [0.2, 0.25) is 0 Å². The number of sulfonamides is 1. The summed E-state index contributed by atoms with van der Waals surface area (Å²) in [5.41, 5.74) is 2.80. The molecule has 2 aliphatic rings. The number of hydrogen-bond acceptors (Lipinski definition) is 5. The molecule has 0 spiro atoms. The number of halogens is 1. The summed E-state index contributed by atoms with van der Waals surface area (Å²) < 4.78 is 49.5. The van der Waals surface area contributed by atoms with E-state index >= 15 is 0 Å². The maximum atomic E-state index is 14.2. The van der Waals surface area contributed by atoms with E-state index in [9.17, 15) is 17.9 Å². The first-order valence-electron chi connectivity index (χ1n) is 12.8. The van der Waals surface area contributed by atoms with E-state index in [4.69, 9.17) is 4.74 Å². The van der Waals surface area contributed by atoms with Crippen molar-refractivity contribution in [1.29, 1.82) is 0 Å². The highest BCUT2D eigenvalue weighted by Crippen LogP contribution is 2.37. The molecule has 0 amide bonds. The molecule has 2 aromatic rings. The largest absolute Gasteiger partial charge is 0.487 e. The van der Waals surface area contributed by atoms with Gasteiger partial charge in [0.25, 0.3) is 0 Å². The molecule has 0 bridgehead atoms. The minimum absolute atomic E-state index is 0.122. The molecule has 1 heterocycles. The molecule has 8 heteroatoms. The number of rotatable bonds is 7. The van der Waals surface area contributed by atoms with E-state index in [1.54, 1.807) is 25.1 Å². The number of allylic oxidation sites excluding steroid dienone is 2. The fourth-order valence-corrected chi connectivity index (χ4v) is 6.86. The zero-order valence-electron chi connectivity index (χ0n) is 21.4. The van der Waals surface area contributed by atoms with E-state index in [0.717, 1.165) is 24.8 Å². The van der Waals surface area contributed by atoms with Gasteiger partial charge in [-0.2, -0.15) is 4.31 Å². The summed E-state index contributed by atoms with van der Waals surface area (Å²) in [4.78, 5) is 2.12. The molecule has 0 radical (unpaired) electrons. The summed E-state index contributed by atoms with van der Waals surface area (Å²) in [7, 11) is -1.96. The van der Waals surface area contributed by atoms with Crippen molar-refractivity contribution in [3.63, 3.8) is 0 Å². The average Bonchev–Trinajstić information content (AvgIpc) is 2.87. The number of aliphatic hydroxyl groups excluding tert-OH is 1. The lowest BCUT2D eigenvalue weighted by molar-refractivity contribution is 0.0730. The van der Waals surface area contributed by atoms with Crippen LogP contribution in [0, 0.1) is 11.7 Å². The maximum Gasteiger partial charge on any atom is 0.247 e. The average molecular weight is 517 g/mol. The van der Waals surface area contributed by atoms with E-state index in [2.05, 4.69) is 6.08 Å². The predicted molar refractivity (Wildman–Crippen MR) is 140 cm³/mol. The Morgan fingerprint density at radius 1 is 1.22 bits per heavy atom. The normalized spacial score (nSPS) is 23.2. The molecular formula is C28H37FN2O4S. The second-order valence-electron chi connectivity index (χ2n) is 10.2. The maximum absolute atomic E-state index is 14.2. The van der Waals surface area contributed by atoms with Crippen molar-refractivity contribution >= 4 is 15.6 Å². The van der Waals surface area contributed by atoms with Gasteiger partial charge in [-0.3, -0.25) is 4.90 Å². The SMILES string of the molecule is C[C@@H]1CN([C@@H](C)CO)S(=O)(=O)c2ccc(C3=CCCCC3)cc2O[C@H]1CN(C)Cc1ccccc1F. The van der Waals surface area contributed by atoms with Crippen LogP contribution in [0.1, 0.15) is 50.7 Å². The molecule has 1 aliphatic carbocycles. The zero-order valence-corrected chi connectivity index (χ0v) is 22.2. The van der Waals surface area contributed by atoms with Gasteiger partial charge in [0.1, 0.15) is 22.6 Å². The Hall–Kier alpha value is -2.26. The topological polar surface area (TPSA) is 70.1 Å². The van der Waals surface area contributed by atoms with Gasteiger partial charge in [0.2, 0.25) is 10.0 Å². The molecule has 2 aromatic carbocycles. The van der Waals surface area contributed by atoms with Crippen molar-refractivity contribution in [3.8, 4) is 5.75 Å². The van der Waals surface area contributed by atoms with Crippen LogP contribution in [0.3, 0.4) is 0 Å². The lowest BCUT2D eigenvalue weighted by Crippen LogP contribution is -2.49. The van der Waals surface area contributed by atoms with Gasteiger partial charge in [-0.15, -0.1) is 0 Å². The van der Waals surface area contributed by atoms with Gasteiger partial charge in [-0.1, -0.05) is 37.3 Å². The van der Waals surface area contributed by atoms with E-state index in [1.165, 1.54) is 22.4 Å². The molecule has 0 aromatic heterocycles. The van der Waals surface area contributed by atoms with Crippen molar-refractivity contribution in [1.82, 2.24) is 9.21 Å². The Balaban J connectivity index is 1.69. The van der Waals surface area contributed by atoms with Crippen LogP contribution in [0.15, 0.2) is 53.4 Å². The van der Waals surface area contributed by atoms with Gasteiger partial charge in [0, 0.05) is 37.2 Å². The van der Waals surface area contributed by atoms with Crippen molar-refractivity contribution in [3.05, 3.63) is 65.5 Å². The van der Waals surface area contributed by atoms with E-state index in [-0.39, 0.29) is 35.9 Å². The van der Waals surface area contributed by atoms with Crippen molar-refractivity contribution in [2.24, 2.45) is 5.92 Å². The first kappa shape index (κ1) is 26.8. The third-order valence-electron chi connectivity index (χ3n) is 7.22. The van der Waals surface area contributed by atoms with Crippen LogP contribution in [0.5, 0.6) is 5.75 Å². The van der Waals surface area contributed by atoms with E-state index in [0.29, 0.717) is 24.4 Å². The molecule has 36 heavy (non-hydrogen) atoms. The van der Waals surface area contributed by atoms with Gasteiger partial charge in [0.15, 0.2) is 0 Å². The molecule has 0 saturated carbocycles. The number of ether oxygens (including phenoxy) is 1. The van der Waals surface area contributed by atoms with Crippen molar-refractivity contribution in [2.75, 3.05) is 26.7 Å². The fourth-order valence-electron chi connectivity index (χ4n) is 5.03. The van der Waals surface area contributed by atoms with Crippen molar-refractivity contribution in [2.45, 2.75) is 63.1 Å². The summed E-state index contributed by atoms with van der Waals surface area (Å²) >= 11 is 0. The highest BCUT2D eigenvalue weighted by atomic mass is 32.2. The molecule has 0 fully saturated rings. The summed E-state index contributed by atoms with van der Waals surface area (Å²) in [6.45, 7) is 4.52. The van der Waals surface area contributed by atoms with Crippen LogP contribution >= 0.6 is 0 Å². The molecule has 0 unspecified atom stereocenters. The minimum atomic E-state index is -3.87. The van der Waals surface area contributed by atoms with E-state index in [1.807, 2.05) is 37.1 Å². The predicted octanol–water partition coefficient (Wildman–Crippen LogP) is 4.68. The molecule has 1 aliphatic heterocycles. The lowest BCUT2D eigenvalue weighted by Gasteiger charge is -2.37. The van der Waals surface area contributed by atoms with E-state index < -0.39 is 16.1 Å². The van der Waals surface area contributed by atoms with Crippen LogP contribution < -0.4 is 4.74 Å². The molecule has 0 saturated heterocycles. The van der Waals surface area contributed by atoms with Gasteiger partial charge in [-0.05, 0) is 69.0 Å². The molecule has 196 valence electrons. The van der Waals surface area contributed by atoms with Crippen molar-refractivity contribution < 1.29 is 22.7 Å². The minimum Gasteiger partial charge on any atom is -0.487 e. The summed E-state index contributed by atoms with van der Waals surface area (Å²) in [5.74, 6) is -0.0757. The lowest BCUT2D eigenvalue weighted by atomic mass is 9.93. The van der Waals surface area contributed by atoms with Crippen LogP contribution in [-0.2, 0) is 16.6 Å². The quantitative estimate of drug-likeness (QED) is 0.579. The number of nitrogens with zero attached hydrogens (tertiary/aromatic N) is 2. The number of benzene rings is 2. The third kappa shape index (κ3) is 5.83. The summed E-state index contributed by atoms with van der Waals surface area (Å²) in [6, 6.07) is 11.5. The molecular weight excluding hydrogens is 479 g/mol. The Kier molecular flexibility index (Phi) is 8.50. The standard InChI is InChI=1S/C28H37FN2O4S/c1-20-16-31(21(2)19-32)36(33,34)28-14-13-23(22-9-5-4-6-10-22)15-26(28)35-27(20)18-30(3)17-24-11-7-8-12-25(24)29/h7-9,11-15,20-21,27,32H,4-6,10,16-19H2,1-3H3/t20-,21+,27+/m1/s1. The Morgan fingerprint density at radius 2 is 2.00 bits per heavy atom. The third-order valence-corrected chi connectivity index (χ3v) is 9.24. The molecule has 1 N–H and O–H groups in total. The summed E-state index contributed by atoms with van der Waals surface area (Å²) in [5, 5.41) is 9.84. The number of fused-ring (bicyclic) bond motifs is 1. The molecule has 6 nitrogen and oxygen atoms in total. The highest BCUT2D eigenvalue weighted by molar-refractivity contribution is 7.89. The van der Waals surface area contributed by atoms with Crippen LogP contribution in [0.4, 0.5) is 4.39 Å². The Labute approximate surface area is 214 Å². The number of hydrogen-bond donors (Lipinski definition) is 1. The Bertz CT molecular complexity index is 1200. The fraction of sp³-hybridized carbons (Fsp3) is 0.500. The second-order valence-corrected chi connectivity index (χ2v) is 12.0. The van der Waals surface area contributed by atoms with Gasteiger partial charge in [0.05, 0.1) is 6.61 Å². The first-order chi connectivity index (χ1) is 17.2. The van der Waals surface area contributed by atoms with Gasteiger partial charge in [-0.25, -0.2) is 12.8 Å². The van der Waals surface area contributed by atoms with Gasteiger partial charge >= 0.3 is 0 Å². The zero-order chi connectivity index (χ0) is 25.9. The number of aliphatic hydroxyl groups is 1. The molecule has 4 rings (SSSR count). The second kappa shape index (κ2) is 11.4. The summed E-state index contributed by atoms with van der Waals surface area (Å²) in [6.07, 6.45) is 6.16.